The molecule has 0 unspecified atom stereocenters. The summed E-state index contributed by atoms with van der Waals surface area (Å²) in [6.07, 6.45) is -0.257. The Morgan fingerprint density at radius 2 is 1.77 bits per heavy atom. The fourth-order valence-electron chi connectivity index (χ4n) is 3.14. The predicted molar refractivity (Wildman–Crippen MR) is 109 cm³/mol. The van der Waals surface area contributed by atoms with E-state index in [0.717, 1.165) is 0 Å². The Morgan fingerprint density at radius 3 is 2.33 bits per heavy atom. The van der Waals surface area contributed by atoms with Crippen LogP contribution in [-0.2, 0) is 14.4 Å². The highest BCUT2D eigenvalue weighted by molar-refractivity contribution is 6.06. The summed E-state index contributed by atoms with van der Waals surface area (Å²) in [7, 11) is 3.04. The van der Waals surface area contributed by atoms with E-state index in [4.69, 9.17) is 4.74 Å². The molecule has 9 heteroatoms. The van der Waals surface area contributed by atoms with Gasteiger partial charge in [-0.05, 0) is 29.8 Å². The second kappa shape index (κ2) is 9.08. The summed E-state index contributed by atoms with van der Waals surface area (Å²) in [6, 6.07) is 13.1. The second-order valence-corrected chi connectivity index (χ2v) is 6.76. The molecule has 2 aromatic carbocycles. The van der Waals surface area contributed by atoms with Gasteiger partial charge in [0.05, 0.1) is 13.5 Å². The van der Waals surface area contributed by atoms with E-state index in [9.17, 15) is 19.2 Å². The Morgan fingerprint density at radius 1 is 1.10 bits per heavy atom. The van der Waals surface area contributed by atoms with Gasteiger partial charge in [0.15, 0.2) is 0 Å². The molecule has 1 heterocycles. The number of likely N-dealkylation sites (N-methyl/N-ethyl adjacent to an activating group) is 1. The van der Waals surface area contributed by atoms with E-state index in [2.05, 4.69) is 16.0 Å². The van der Waals surface area contributed by atoms with Crippen molar-refractivity contribution < 1.29 is 23.9 Å². The SMILES string of the molecule is COc1ccc(NC(=O)[C@H](c2ccccc2)N(C)C(=O)C[C@H]2NC(=O)NC2=O)cc1. The first-order chi connectivity index (χ1) is 14.4. The second-order valence-electron chi connectivity index (χ2n) is 6.76. The summed E-state index contributed by atoms with van der Waals surface area (Å²) in [5, 5.41) is 7.28. The minimum absolute atomic E-state index is 0.257. The van der Waals surface area contributed by atoms with Crippen LogP contribution < -0.4 is 20.7 Å². The molecule has 0 spiro atoms. The van der Waals surface area contributed by atoms with Crippen LogP contribution in [0.2, 0.25) is 0 Å². The summed E-state index contributed by atoms with van der Waals surface area (Å²) in [4.78, 5) is 50.2. The zero-order valence-corrected chi connectivity index (χ0v) is 16.5. The summed E-state index contributed by atoms with van der Waals surface area (Å²) < 4.78 is 5.11. The average Bonchev–Trinajstić information content (AvgIpc) is 3.06. The first kappa shape index (κ1) is 20.8. The molecule has 1 aliphatic rings. The normalized spacial score (nSPS) is 16.3. The summed E-state index contributed by atoms with van der Waals surface area (Å²) in [5.74, 6) is -0.796. The number of ether oxygens (including phenoxy) is 1. The minimum atomic E-state index is -0.964. The van der Waals surface area contributed by atoms with Gasteiger partial charge >= 0.3 is 6.03 Å². The lowest BCUT2D eigenvalue weighted by molar-refractivity contribution is -0.138. The van der Waals surface area contributed by atoms with E-state index >= 15 is 0 Å². The molecule has 5 amide bonds. The molecule has 9 nitrogen and oxygen atoms in total. The van der Waals surface area contributed by atoms with E-state index < -0.39 is 35.8 Å². The largest absolute Gasteiger partial charge is 0.497 e. The molecule has 156 valence electrons. The monoisotopic (exact) mass is 410 g/mol. The highest BCUT2D eigenvalue weighted by Crippen LogP contribution is 2.24. The van der Waals surface area contributed by atoms with Gasteiger partial charge < -0.3 is 20.3 Å². The van der Waals surface area contributed by atoms with E-state index in [0.29, 0.717) is 17.0 Å². The number of carbonyl (C=O) groups excluding carboxylic acids is 4. The van der Waals surface area contributed by atoms with Crippen molar-refractivity contribution in [2.75, 3.05) is 19.5 Å². The van der Waals surface area contributed by atoms with Gasteiger partial charge in [-0.1, -0.05) is 30.3 Å². The molecule has 3 rings (SSSR count). The number of imide groups is 1. The molecule has 3 N–H and O–H groups in total. The topological polar surface area (TPSA) is 117 Å². The van der Waals surface area contributed by atoms with Crippen LogP contribution in [0.25, 0.3) is 0 Å². The van der Waals surface area contributed by atoms with Gasteiger partial charge in [0.2, 0.25) is 5.91 Å². The molecule has 0 aliphatic carbocycles. The lowest BCUT2D eigenvalue weighted by Crippen LogP contribution is -2.42. The third-order valence-corrected chi connectivity index (χ3v) is 4.74. The van der Waals surface area contributed by atoms with Crippen LogP contribution in [-0.4, -0.2) is 48.9 Å². The number of benzene rings is 2. The summed E-state index contributed by atoms with van der Waals surface area (Å²) >= 11 is 0. The Hall–Kier alpha value is -3.88. The zero-order valence-electron chi connectivity index (χ0n) is 16.5. The maximum Gasteiger partial charge on any atom is 0.322 e. The van der Waals surface area contributed by atoms with Crippen molar-refractivity contribution in [3.8, 4) is 5.75 Å². The van der Waals surface area contributed by atoms with Gasteiger partial charge in [-0.3, -0.25) is 19.7 Å². The van der Waals surface area contributed by atoms with Crippen LogP contribution in [0.3, 0.4) is 0 Å². The maximum atomic E-state index is 13.1. The quantitative estimate of drug-likeness (QED) is 0.597. The van der Waals surface area contributed by atoms with Crippen LogP contribution in [0.1, 0.15) is 18.0 Å². The Kier molecular flexibility index (Phi) is 6.31. The van der Waals surface area contributed by atoms with Crippen molar-refractivity contribution in [1.82, 2.24) is 15.5 Å². The van der Waals surface area contributed by atoms with Gasteiger partial charge in [0, 0.05) is 12.7 Å². The van der Waals surface area contributed by atoms with Crippen LogP contribution >= 0.6 is 0 Å². The first-order valence-corrected chi connectivity index (χ1v) is 9.26. The molecule has 0 bridgehead atoms. The third-order valence-electron chi connectivity index (χ3n) is 4.74. The van der Waals surface area contributed by atoms with Gasteiger partial charge in [-0.15, -0.1) is 0 Å². The number of hydrogen-bond acceptors (Lipinski definition) is 5. The Labute approximate surface area is 173 Å². The minimum Gasteiger partial charge on any atom is -0.497 e. The summed E-state index contributed by atoms with van der Waals surface area (Å²) in [5.41, 5.74) is 1.16. The highest BCUT2D eigenvalue weighted by Gasteiger charge is 2.35. The molecule has 30 heavy (non-hydrogen) atoms. The third kappa shape index (κ3) is 4.75. The molecular weight excluding hydrogens is 388 g/mol. The number of rotatable bonds is 7. The van der Waals surface area contributed by atoms with Gasteiger partial charge in [0.25, 0.3) is 11.8 Å². The fourth-order valence-corrected chi connectivity index (χ4v) is 3.14. The van der Waals surface area contributed by atoms with Crippen molar-refractivity contribution in [3.05, 3.63) is 60.2 Å². The van der Waals surface area contributed by atoms with E-state index in [1.54, 1.807) is 55.6 Å². The fraction of sp³-hybridized carbons (Fsp3) is 0.238. The molecule has 1 saturated heterocycles. The Bertz CT molecular complexity index is 946. The van der Waals surface area contributed by atoms with Crippen molar-refractivity contribution >= 4 is 29.4 Å². The van der Waals surface area contributed by atoms with Crippen LogP contribution in [0.4, 0.5) is 10.5 Å². The van der Waals surface area contributed by atoms with E-state index in [1.807, 2.05) is 6.07 Å². The lowest BCUT2D eigenvalue weighted by atomic mass is 10.0. The molecule has 2 atom stereocenters. The number of carbonyl (C=O) groups is 4. The molecule has 1 aliphatic heterocycles. The number of urea groups is 1. The van der Waals surface area contributed by atoms with Crippen LogP contribution in [0.15, 0.2) is 54.6 Å². The maximum absolute atomic E-state index is 13.1. The number of nitrogens with one attached hydrogen (secondary N) is 3. The van der Waals surface area contributed by atoms with E-state index in [-0.39, 0.29) is 6.42 Å². The zero-order chi connectivity index (χ0) is 21.7. The first-order valence-electron chi connectivity index (χ1n) is 9.26. The number of amides is 5. The molecule has 0 aromatic heterocycles. The molecule has 1 fully saturated rings. The smallest absolute Gasteiger partial charge is 0.322 e. The molecule has 2 aromatic rings. The van der Waals surface area contributed by atoms with Gasteiger partial charge in [-0.2, -0.15) is 0 Å². The van der Waals surface area contributed by atoms with Crippen molar-refractivity contribution in [3.63, 3.8) is 0 Å². The van der Waals surface area contributed by atoms with Crippen LogP contribution in [0.5, 0.6) is 5.75 Å². The Balaban J connectivity index is 1.79. The molecule has 0 radical (unpaired) electrons. The van der Waals surface area contributed by atoms with Crippen molar-refractivity contribution in [1.29, 1.82) is 0 Å². The average molecular weight is 410 g/mol. The number of methoxy groups -OCH3 is 1. The predicted octanol–water partition coefficient (Wildman–Crippen LogP) is 1.43. The van der Waals surface area contributed by atoms with Gasteiger partial charge in [-0.25, -0.2) is 4.79 Å². The standard InChI is InChI=1S/C21H22N4O5/c1-25(17(26)12-16-19(27)24-21(29)23-16)18(13-6-4-3-5-7-13)20(28)22-14-8-10-15(30-2)11-9-14/h3-11,16,18H,12H2,1-2H3,(H,22,28)(H2,23,24,27,29)/t16-,18+/m1/s1. The van der Waals surface area contributed by atoms with Crippen molar-refractivity contribution in [2.45, 2.75) is 18.5 Å². The highest BCUT2D eigenvalue weighted by atomic mass is 16.5. The number of hydrogen-bond donors (Lipinski definition) is 3. The van der Waals surface area contributed by atoms with Crippen LogP contribution in [0, 0.1) is 0 Å². The van der Waals surface area contributed by atoms with Gasteiger partial charge in [0.1, 0.15) is 17.8 Å². The number of nitrogens with zero attached hydrogens (tertiary/aromatic N) is 1. The number of anilines is 1. The van der Waals surface area contributed by atoms with E-state index in [1.165, 1.54) is 11.9 Å². The summed E-state index contributed by atoms with van der Waals surface area (Å²) in [6.45, 7) is 0. The molecular formula is C21H22N4O5. The lowest BCUT2D eigenvalue weighted by Gasteiger charge is -2.28. The van der Waals surface area contributed by atoms with Crippen molar-refractivity contribution in [2.24, 2.45) is 0 Å². The molecule has 0 saturated carbocycles.